The second-order valence-corrected chi connectivity index (χ2v) is 7.14. The maximum absolute atomic E-state index is 12.7. The van der Waals surface area contributed by atoms with E-state index >= 15 is 0 Å². The van der Waals surface area contributed by atoms with Gasteiger partial charge in [-0.1, -0.05) is 30.3 Å². The first-order chi connectivity index (χ1) is 13.5. The van der Waals surface area contributed by atoms with Crippen molar-refractivity contribution in [2.75, 3.05) is 19.0 Å². The Morgan fingerprint density at radius 1 is 1.14 bits per heavy atom. The van der Waals surface area contributed by atoms with Crippen LogP contribution in [0.5, 0.6) is 11.5 Å². The van der Waals surface area contributed by atoms with E-state index < -0.39 is 5.92 Å². The molecule has 1 aliphatic rings. The molecule has 1 heterocycles. The van der Waals surface area contributed by atoms with Gasteiger partial charge in [0.05, 0.1) is 24.8 Å². The van der Waals surface area contributed by atoms with Gasteiger partial charge in [0.25, 0.3) is 0 Å². The van der Waals surface area contributed by atoms with Gasteiger partial charge in [-0.05, 0) is 32.0 Å². The Hall–Kier alpha value is -3.02. The standard InChI is InChI=1S/C22H26N2O4/c1-15(2)28-20-11-7-5-9-18(20)23-22(26)17-12-21(25)24(14-17)13-16-8-4-6-10-19(16)27-3/h4-11,15,17H,12-14H2,1-3H3,(H,23,26). The molecule has 2 aromatic rings. The van der Waals surface area contributed by atoms with E-state index in [0.29, 0.717) is 24.5 Å². The summed E-state index contributed by atoms with van der Waals surface area (Å²) in [7, 11) is 1.61. The third kappa shape index (κ3) is 4.63. The molecule has 1 unspecified atom stereocenters. The molecular formula is C22H26N2O4. The zero-order chi connectivity index (χ0) is 20.1. The molecule has 1 saturated heterocycles. The first-order valence-electron chi connectivity index (χ1n) is 9.44. The molecule has 0 spiro atoms. The van der Waals surface area contributed by atoms with Crippen molar-refractivity contribution in [2.45, 2.75) is 32.9 Å². The van der Waals surface area contributed by atoms with Crippen LogP contribution >= 0.6 is 0 Å². The van der Waals surface area contributed by atoms with Crippen molar-refractivity contribution in [3.63, 3.8) is 0 Å². The van der Waals surface area contributed by atoms with Crippen molar-refractivity contribution >= 4 is 17.5 Å². The van der Waals surface area contributed by atoms with Crippen LogP contribution < -0.4 is 14.8 Å². The SMILES string of the molecule is COc1ccccc1CN1CC(C(=O)Nc2ccccc2OC(C)C)CC1=O. The van der Waals surface area contributed by atoms with E-state index in [1.54, 1.807) is 18.1 Å². The quantitative estimate of drug-likeness (QED) is 0.796. The first kappa shape index (κ1) is 19.7. The lowest BCUT2D eigenvalue weighted by molar-refractivity contribution is -0.128. The summed E-state index contributed by atoms with van der Waals surface area (Å²) >= 11 is 0. The molecule has 1 atom stereocenters. The molecule has 0 aromatic heterocycles. The second kappa shape index (κ2) is 8.78. The van der Waals surface area contributed by atoms with Crippen molar-refractivity contribution < 1.29 is 19.1 Å². The molecule has 1 fully saturated rings. The fourth-order valence-electron chi connectivity index (χ4n) is 3.30. The van der Waals surface area contributed by atoms with E-state index in [1.807, 2.05) is 56.3 Å². The summed E-state index contributed by atoms with van der Waals surface area (Å²) in [5.41, 5.74) is 1.55. The van der Waals surface area contributed by atoms with Crippen LogP contribution in [0.3, 0.4) is 0 Å². The summed E-state index contributed by atoms with van der Waals surface area (Å²) in [5.74, 6) is 0.770. The number of anilines is 1. The Bertz CT molecular complexity index is 850. The van der Waals surface area contributed by atoms with Crippen molar-refractivity contribution in [1.29, 1.82) is 0 Å². The Kier molecular flexibility index (Phi) is 6.19. The molecule has 1 N–H and O–H groups in total. The number of likely N-dealkylation sites (tertiary alicyclic amines) is 1. The molecule has 6 nitrogen and oxygen atoms in total. The lowest BCUT2D eigenvalue weighted by Gasteiger charge is -2.19. The Balaban J connectivity index is 1.66. The average molecular weight is 382 g/mol. The van der Waals surface area contributed by atoms with Gasteiger partial charge in [0.15, 0.2) is 0 Å². The number of methoxy groups -OCH3 is 1. The van der Waals surface area contributed by atoms with Crippen LogP contribution in [-0.2, 0) is 16.1 Å². The molecule has 6 heteroatoms. The minimum absolute atomic E-state index is 0.00227. The van der Waals surface area contributed by atoms with E-state index in [9.17, 15) is 9.59 Å². The largest absolute Gasteiger partial charge is 0.496 e. The Morgan fingerprint density at radius 2 is 1.82 bits per heavy atom. The molecule has 0 saturated carbocycles. The molecule has 148 valence electrons. The number of rotatable bonds is 7. The van der Waals surface area contributed by atoms with Crippen LogP contribution in [0.4, 0.5) is 5.69 Å². The summed E-state index contributed by atoms with van der Waals surface area (Å²) in [6.45, 7) is 4.68. The fourth-order valence-corrected chi connectivity index (χ4v) is 3.30. The van der Waals surface area contributed by atoms with Gasteiger partial charge in [-0.25, -0.2) is 0 Å². The van der Waals surface area contributed by atoms with Gasteiger partial charge in [-0.3, -0.25) is 9.59 Å². The van der Waals surface area contributed by atoms with Crippen LogP contribution in [0.15, 0.2) is 48.5 Å². The van der Waals surface area contributed by atoms with Gasteiger partial charge >= 0.3 is 0 Å². The van der Waals surface area contributed by atoms with Gasteiger partial charge in [-0.2, -0.15) is 0 Å². The van der Waals surface area contributed by atoms with Crippen LogP contribution in [0.2, 0.25) is 0 Å². The summed E-state index contributed by atoms with van der Waals surface area (Å²) in [6, 6.07) is 14.9. The molecule has 28 heavy (non-hydrogen) atoms. The van der Waals surface area contributed by atoms with Crippen LogP contribution in [0.1, 0.15) is 25.8 Å². The van der Waals surface area contributed by atoms with Crippen molar-refractivity contribution in [2.24, 2.45) is 5.92 Å². The normalized spacial score (nSPS) is 16.4. The first-order valence-corrected chi connectivity index (χ1v) is 9.44. The molecule has 1 aliphatic heterocycles. The van der Waals surface area contributed by atoms with Crippen molar-refractivity contribution in [3.05, 3.63) is 54.1 Å². The van der Waals surface area contributed by atoms with E-state index in [-0.39, 0.29) is 24.3 Å². The van der Waals surface area contributed by atoms with E-state index in [0.717, 1.165) is 11.3 Å². The van der Waals surface area contributed by atoms with Gasteiger partial charge in [-0.15, -0.1) is 0 Å². The number of ether oxygens (including phenoxy) is 2. The number of hydrogen-bond donors (Lipinski definition) is 1. The number of amides is 2. The lowest BCUT2D eigenvalue weighted by atomic mass is 10.1. The van der Waals surface area contributed by atoms with Gasteiger partial charge in [0, 0.05) is 25.1 Å². The second-order valence-electron chi connectivity index (χ2n) is 7.14. The Morgan fingerprint density at radius 3 is 2.54 bits per heavy atom. The number of hydrogen-bond acceptors (Lipinski definition) is 4. The predicted octanol–water partition coefficient (Wildman–Crippen LogP) is 3.47. The minimum Gasteiger partial charge on any atom is -0.496 e. The predicted molar refractivity (Wildman–Crippen MR) is 107 cm³/mol. The highest BCUT2D eigenvalue weighted by Crippen LogP contribution is 2.28. The van der Waals surface area contributed by atoms with Crippen LogP contribution in [-0.4, -0.2) is 36.5 Å². The molecular weight excluding hydrogens is 356 g/mol. The zero-order valence-electron chi connectivity index (χ0n) is 16.5. The van der Waals surface area contributed by atoms with Gasteiger partial charge in [0.1, 0.15) is 11.5 Å². The van der Waals surface area contributed by atoms with Crippen molar-refractivity contribution in [3.8, 4) is 11.5 Å². The highest BCUT2D eigenvalue weighted by Gasteiger charge is 2.34. The highest BCUT2D eigenvalue weighted by molar-refractivity contribution is 5.98. The summed E-state index contributed by atoms with van der Waals surface area (Å²) in [4.78, 5) is 26.9. The maximum Gasteiger partial charge on any atom is 0.229 e. The lowest BCUT2D eigenvalue weighted by Crippen LogP contribution is -2.28. The number of benzene rings is 2. The summed E-state index contributed by atoms with van der Waals surface area (Å²) in [5, 5.41) is 2.92. The van der Waals surface area contributed by atoms with E-state index in [1.165, 1.54) is 0 Å². The molecule has 2 aromatic carbocycles. The number of carbonyl (C=O) groups excluding carboxylic acids is 2. The van der Waals surface area contributed by atoms with Crippen LogP contribution in [0.25, 0.3) is 0 Å². The summed E-state index contributed by atoms with van der Waals surface area (Å²) < 4.78 is 11.1. The monoisotopic (exact) mass is 382 g/mol. The minimum atomic E-state index is -0.394. The smallest absolute Gasteiger partial charge is 0.229 e. The summed E-state index contributed by atoms with van der Waals surface area (Å²) in [6.07, 6.45) is 0.205. The molecule has 2 amide bonds. The zero-order valence-corrected chi connectivity index (χ0v) is 16.5. The third-order valence-corrected chi connectivity index (χ3v) is 4.65. The number of carbonyl (C=O) groups is 2. The fraction of sp³-hybridized carbons (Fsp3) is 0.364. The highest BCUT2D eigenvalue weighted by atomic mass is 16.5. The number of nitrogens with zero attached hydrogens (tertiary/aromatic N) is 1. The Labute approximate surface area is 165 Å². The molecule has 0 radical (unpaired) electrons. The van der Waals surface area contributed by atoms with E-state index in [2.05, 4.69) is 5.32 Å². The van der Waals surface area contributed by atoms with Gasteiger partial charge < -0.3 is 19.7 Å². The maximum atomic E-state index is 12.7. The molecule has 0 bridgehead atoms. The average Bonchev–Trinajstić information content (AvgIpc) is 3.04. The van der Waals surface area contributed by atoms with Crippen LogP contribution in [0, 0.1) is 5.92 Å². The number of nitrogens with one attached hydrogen (secondary N) is 1. The third-order valence-electron chi connectivity index (χ3n) is 4.65. The molecule has 3 rings (SSSR count). The topological polar surface area (TPSA) is 67.9 Å². The van der Waals surface area contributed by atoms with E-state index in [4.69, 9.17) is 9.47 Å². The van der Waals surface area contributed by atoms with Gasteiger partial charge in [0.2, 0.25) is 11.8 Å². The molecule has 0 aliphatic carbocycles. The number of para-hydroxylation sites is 3. The van der Waals surface area contributed by atoms with Crippen molar-refractivity contribution in [1.82, 2.24) is 4.90 Å².